The Labute approximate surface area is 268 Å². The van der Waals surface area contributed by atoms with E-state index in [0.29, 0.717) is 53.6 Å². The predicted molar refractivity (Wildman–Crippen MR) is 176 cm³/mol. The Bertz CT molecular complexity index is 1850. The number of hydrogen-bond acceptors (Lipinski definition) is 10. The Balaban J connectivity index is 1.54. The van der Waals surface area contributed by atoms with Gasteiger partial charge in [0.1, 0.15) is 18.0 Å². The number of likely N-dealkylation sites (tertiary alicyclic amines) is 1. The molecular weight excluding hydrogens is 610 g/mol. The first-order valence-electron chi connectivity index (χ1n) is 14.7. The van der Waals surface area contributed by atoms with Crippen molar-refractivity contribution < 1.29 is 32.2 Å². The number of sulfone groups is 1. The molecule has 12 nitrogen and oxygen atoms in total. The van der Waals surface area contributed by atoms with E-state index in [2.05, 4.69) is 10.3 Å². The van der Waals surface area contributed by atoms with Crippen molar-refractivity contribution in [2.75, 3.05) is 49.6 Å². The van der Waals surface area contributed by atoms with Gasteiger partial charge in [0.2, 0.25) is 0 Å². The van der Waals surface area contributed by atoms with E-state index < -0.39 is 28.1 Å². The summed E-state index contributed by atoms with van der Waals surface area (Å²) in [6.07, 6.45) is 1.37. The largest absolute Gasteiger partial charge is 0.493 e. The second-order valence-corrected chi connectivity index (χ2v) is 13.0. The molecule has 1 aliphatic rings. The molecule has 0 radical (unpaired) electrons. The lowest BCUT2D eigenvalue weighted by molar-refractivity contribution is -0.132. The lowest BCUT2D eigenvalue weighted by atomic mass is 10.0. The van der Waals surface area contributed by atoms with Gasteiger partial charge in [-0.25, -0.2) is 18.2 Å². The number of nitrogens with zero attached hydrogens (tertiary/aromatic N) is 3. The van der Waals surface area contributed by atoms with Crippen LogP contribution < -0.4 is 25.4 Å². The van der Waals surface area contributed by atoms with E-state index in [1.165, 1.54) is 38.4 Å². The number of fused-ring (bicyclic) bond motifs is 1. The molecule has 1 fully saturated rings. The van der Waals surface area contributed by atoms with Crippen molar-refractivity contribution in [3.63, 3.8) is 0 Å². The minimum atomic E-state index is -3.45. The van der Waals surface area contributed by atoms with Crippen LogP contribution in [0.2, 0.25) is 0 Å². The molecule has 2 atom stereocenters. The lowest BCUT2D eigenvalue weighted by Crippen LogP contribution is -2.52. The molecule has 2 unspecified atom stereocenters. The molecule has 5 rings (SSSR count). The third-order valence-electron chi connectivity index (χ3n) is 8.12. The van der Waals surface area contributed by atoms with Crippen molar-refractivity contribution in [1.29, 1.82) is 0 Å². The average molecular weight is 648 g/mol. The molecule has 2 amide bonds. The van der Waals surface area contributed by atoms with Crippen LogP contribution in [0.25, 0.3) is 10.8 Å². The summed E-state index contributed by atoms with van der Waals surface area (Å²) in [5.74, 6) is 1.02. The smallest absolute Gasteiger partial charge is 0.415 e. The maximum atomic E-state index is 14.6. The van der Waals surface area contributed by atoms with Gasteiger partial charge in [-0.05, 0) is 84.5 Å². The molecule has 0 saturated carbocycles. The number of anilines is 3. The summed E-state index contributed by atoms with van der Waals surface area (Å²) >= 11 is 0. The minimum absolute atomic E-state index is 0.0516. The van der Waals surface area contributed by atoms with Gasteiger partial charge in [0.15, 0.2) is 21.3 Å². The highest BCUT2D eigenvalue weighted by Crippen LogP contribution is 2.36. The number of carbonyl (C=O) groups is 2. The van der Waals surface area contributed by atoms with E-state index in [-0.39, 0.29) is 16.6 Å². The van der Waals surface area contributed by atoms with Gasteiger partial charge in [0.25, 0.3) is 5.91 Å². The maximum Gasteiger partial charge on any atom is 0.415 e. The van der Waals surface area contributed by atoms with Gasteiger partial charge in [-0.1, -0.05) is 13.0 Å². The topological polar surface area (TPSA) is 153 Å². The Hall–Kier alpha value is -5.04. The summed E-state index contributed by atoms with van der Waals surface area (Å²) in [5, 5.41) is 5.03. The van der Waals surface area contributed by atoms with Gasteiger partial charge in [0, 0.05) is 29.5 Å². The van der Waals surface area contributed by atoms with Gasteiger partial charge in [-0.3, -0.25) is 9.69 Å². The Morgan fingerprint density at radius 3 is 2.43 bits per heavy atom. The zero-order chi connectivity index (χ0) is 33.0. The summed E-state index contributed by atoms with van der Waals surface area (Å²) < 4.78 is 40.9. The Morgan fingerprint density at radius 1 is 1.02 bits per heavy atom. The first kappa shape index (κ1) is 32.4. The average Bonchev–Trinajstić information content (AvgIpc) is 3.56. The van der Waals surface area contributed by atoms with Crippen molar-refractivity contribution >= 4 is 49.8 Å². The standard InChI is InChI=1S/C33H37N5O7S/c1-5-46(41,42)25-12-10-24(11-13-25)38(33(40)45-4)29-7-6-18-37(29)32(39)30(22-8-15-27(43-2)28(20-22)44-3)36-23-9-14-26-21(19-23)16-17-35-31(26)34/h8-17,19-20,29-30,36H,5-7,18H2,1-4H3,(H2,34,35). The van der Waals surface area contributed by atoms with E-state index in [4.69, 9.17) is 19.9 Å². The highest BCUT2D eigenvalue weighted by molar-refractivity contribution is 7.91. The maximum absolute atomic E-state index is 14.6. The summed E-state index contributed by atoms with van der Waals surface area (Å²) in [7, 11) is 0.880. The number of aromatic nitrogens is 1. The van der Waals surface area contributed by atoms with Crippen molar-refractivity contribution in [3.05, 3.63) is 78.5 Å². The molecule has 1 saturated heterocycles. The second kappa shape index (κ2) is 13.5. The first-order chi connectivity index (χ1) is 22.1. The van der Waals surface area contributed by atoms with Crippen LogP contribution in [0.4, 0.5) is 22.0 Å². The van der Waals surface area contributed by atoms with Crippen molar-refractivity contribution in [1.82, 2.24) is 9.88 Å². The van der Waals surface area contributed by atoms with E-state index in [1.54, 1.807) is 48.4 Å². The number of rotatable bonds is 10. The highest BCUT2D eigenvalue weighted by Gasteiger charge is 2.40. The summed E-state index contributed by atoms with van der Waals surface area (Å²) in [4.78, 5) is 35.2. The van der Waals surface area contributed by atoms with Crippen molar-refractivity contribution in [3.8, 4) is 11.5 Å². The van der Waals surface area contributed by atoms with Gasteiger partial charge >= 0.3 is 6.09 Å². The fraction of sp³-hybridized carbons (Fsp3) is 0.303. The molecule has 3 aromatic carbocycles. The van der Waals surface area contributed by atoms with Crippen LogP contribution in [-0.2, 0) is 19.4 Å². The first-order valence-corrected chi connectivity index (χ1v) is 16.4. The summed E-state index contributed by atoms with van der Waals surface area (Å²) in [6, 6.07) is 17.8. The number of ether oxygens (including phenoxy) is 3. The van der Waals surface area contributed by atoms with Crippen LogP contribution in [0.3, 0.4) is 0 Å². The molecular formula is C33H37N5O7S. The van der Waals surface area contributed by atoms with Crippen LogP contribution in [0.15, 0.2) is 77.8 Å². The van der Waals surface area contributed by atoms with E-state index in [1.807, 2.05) is 24.3 Å². The number of nitrogen functional groups attached to an aromatic ring is 1. The molecule has 242 valence electrons. The summed E-state index contributed by atoms with van der Waals surface area (Å²) in [6.45, 7) is 1.95. The van der Waals surface area contributed by atoms with E-state index in [9.17, 15) is 18.0 Å². The molecule has 13 heteroatoms. The number of amides is 2. The van der Waals surface area contributed by atoms with Crippen LogP contribution in [-0.4, -0.2) is 70.1 Å². The lowest BCUT2D eigenvalue weighted by Gasteiger charge is -2.36. The number of pyridine rings is 1. The number of nitrogens with one attached hydrogen (secondary N) is 1. The SMILES string of the molecule is CCS(=O)(=O)c1ccc(N(C(=O)OC)C2CCCN2C(=O)C(Nc2ccc3c(N)nccc3c2)c2ccc(OC)c(OC)c2)cc1. The molecule has 1 aromatic heterocycles. The molecule has 4 aromatic rings. The number of benzene rings is 3. The zero-order valence-corrected chi connectivity index (χ0v) is 26.9. The normalized spacial score (nSPS) is 15.3. The third-order valence-corrected chi connectivity index (χ3v) is 9.87. The highest BCUT2D eigenvalue weighted by atomic mass is 32.2. The van der Waals surface area contributed by atoms with Crippen LogP contribution >= 0.6 is 0 Å². The molecule has 0 aliphatic carbocycles. The van der Waals surface area contributed by atoms with Crippen molar-refractivity contribution in [2.24, 2.45) is 0 Å². The molecule has 0 spiro atoms. The minimum Gasteiger partial charge on any atom is -0.493 e. The fourth-order valence-electron chi connectivity index (χ4n) is 5.70. The van der Waals surface area contributed by atoms with Crippen molar-refractivity contribution in [2.45, 2.75) is 36.9 Å². The van der Waals surface area contributed by atoms with Gasteiger partial charge in [0.05, 0.1) is 32.0 Å². The number of carbonyl (C=O) groups excluding carboxylic acids is 2. The molecule has 0 bridgehead atoms. The monoisotopic (exact) mass is 647 g/mol. The third kappa shape index (κ3) is 6.36. The quantitative estimate of drug-likeness (QED) is 0.240. The molecule has 46 heavy (non-hydrogen) atoms. The predicted octanol–water partition coefficient (Wildman–Crippen LogP) is 5.00. The molecule has 1 aliphatic heterocycles. The Morgan fingerprint density at radius 2 is 1.76 bits per heavy atom. The number of nitrogens with two attached hydrogens (primary N) is 1. The van der Waals surface area contributed by atoms with E-state index >= 15 is 0 Å². The number of methoxy groups -OCH3 is 3. The van der Waals surface area contributed by atoms with Gasteiger partial charge in [-0.2, -0.15) is 0 Å². The second-order valence-electron chi connectivity index (χ2n) is 10.7. The van der Waals surface area contributed by atoms with Gasteiger partial charge < -0.3 is 30.2 Å². The fourth-order valence-corrected chi connectivity index (χ4v) is 6.58. The van der Waals surface area contributed by atoms with E-state index in [0.717, 1.165) is 10.8 Å². The summed E-state index contributed by atoms with van der Waals surface area (Å²) in [5.41, 5.74) is 7.75. The Kier molecular flexibility index (Phi) is 9.52. The van der Waals surface area contributed by atoms with Crippen LogP contribution in [0.5, 0.6) is 11.5 Å². The van der Waals surface area contributed by atoms with Crippen LogP contribution in [0, 0.1) is 0 Å². The number of hydrogen-bond donors (Lipinski definition) is 2. The zero-order valence-electron chi connectivity index (χ0n) is 26.1. The van der Waals surface area contributed by atoms with Gasteiger partial charge in [-0.15, -0.1) is 0 Å². The molecule has 3 N–H and O–H groups in total. The van der Waals surface area contributed by atoms with Crippen LogP contribution in [0.1, 0.15) is 31.4 Å². The molecule has 2 heterocycles.